The van der Waals surface area contributed by atoms with Crippen molar-refractivity contribution < 1.29 is 14.3 Å². The fourth-order valence-electron chi connectivity index (χ4n) is 3.32. The van der Waals surface area contributed by atoms with Crippen LogP contribution in [0, 0.1) is 0 Å². The van der Waals surface area contributed by atoms with Crippen molar-refractivity contribution in [1.82, 2.24) is 14.8 Å². The molecule has 0 N–H and O–H groups in total. The molecule has 3 rings (SSSR count). The molecular weight excluding hydrogens is 386 g/mol. The van der Waals surface area contributed by atoms with E-state index in [9.17, 15) is 9.59 Å². The zero-order valence-corrected chi connectivity index (χ0v) is 17.9. The molecule has 2 aromatic heterocycles. The van der Waals surface area contributed by atoms with Crippen LogP contribution >= 0.6 is 11.3 Å². The van der Waals surface area contributed by atoms with Gasteiger partial charge in [0.2, 0.25) is 0 Å². The summed E-state index contributed by atoms with van der Waals surface area (Å²) in [6.45, 7) is 7.77. The van der Waals surface area contributed by atoms with Gasteiger partial charge in [-0.3, -0.25) is 19.5 Å². The van der Waals surface area contributed by atoms with E-state index >= 15 is 0 Å². The molecule has 0 saturated carbocycles. The Kier molecular flexibility index (Phi) is 7.17. The SMILES string of the molecule is CCN(CCc1ccncc1)C1=C(c2cccs2)C(=O)N(CCOC(C)C)C1=O. The predicted octanol–water partition coefficient (Wildman–Crippen LogP) is 3.21. The highest BCUT2D eigenvalue weighted by Crippen LogP contribution is 2.33. The average Bonchev–Trinajstić information content (AvgIpc) is 3.32. The molecule has 0 aromatic carbocycles. The highest BCUT2D eigenvalue weighted by atomic mass is 32.1. The molecule has 154 valence electrons. The summed E-state index contributed by atoms with van der Waals surface area (Å²) in [6.07, 6.45) is 4.36. The standard InChI is InChI=1S/C22H27N3O3S/c1-4-24(12-9-17-7-10-23-11-8-17)20-19(18-6-5-15-29-18)21(26)25(22(20)27)13-14-28-16(2)3/h5-8,10-11,15-16H,4,9,12-14H2,1-3H3. The molecule has 0 aliphatic carbocycles. The van der Waals surface area contributed by atoms with Crippen molar-refractivity contribution in [3.8, 4) is 0 Å². The third kappa shape index (κ3) is 4.92. The number of ether oxygens (including phenoxy) is 1. The van der Waals surface area contributed by atoms with E-state index in [0.29, 0.717) is 31.0 Å². The van der Waals surface area contributed by atoms with Gasteiger partial charge in [-0.05, 0) is 56.3 Å². The number of hydrogen-bond acceptors (Lipinski definition) is 6. The molecular formula is C22H27N3O3S. The maximum Gasteiger partial charge on any atom is 0.277 e. The second-order valence-corrected chi connectivity index (χ2v) is 8.02. The van der Waals surface area contributed by atoms with Crippen LogP contribution in [-0.4, -0.2) is 58.9 Å². The number of carbonyl (C=O) groups excluding carboxylic acids is 2. The normalized spacial score (nSPS) is 14.4. The molecule has 0 spiro atoms. The Morgan fingerprint density at radius 1 is 1.17 bits per heavy atom. The molecule has 0 radical (unpaired) electrons. The lowest BCUT2D eigenvalue weighted by molar-refractivity contribution is -0.138. The van der Waals surface area contributed by atoms with Crippen molar-refractivity contribution in [2.24, 2.45) is 0 Å². The second-order valence-electron chi connectivity index (χ2n) is 7.07. The molecule has 6 nitrogen and oxygen atoms in total. The molecule has 7 heteroatoms. The third-order valence-corrected chi connectivity index (χ3v) is 5.68. The number of rotatable bonds is 10. The van der Waals surface area contributed by atoms with Gasteiger partial charge in [-0.15, -0.1) is 11.3 Å². The minimum absolute atomic E-state index is 0.0551. The Morgan fingerprint density at radius 3 is 2.55 bits per heavy atom. The van der Waals surface area contributed by atoms with Gasteiger partial charge >= 0.3 is 0 Å². The van der Waals surface area contributed by atoms with E-state index in [1.807, 2.05) is 55.3 Å². The summed E-state index contributed by atoms with van der Waals surface area (Å²) in [4.78, 5) is 34.6. The molecule has 29 heavy (non-hydrogen) atoms. The molecule has 0 bridgehead atoms. The van der Waals surface area contributed by atoms with E-state index < -0.39 is 0 Å². The number of imide groups is 1. The number of aromatic nitrogens is 1. The van der Waals surface area contributed by atoms with E-state index in [-0.39, 0.29) is 24.5 Å². The van der Waals surface area contributed by atoms with Crippen LogP contribution < -0.4 is 0 Å². The number of carbonyl (C=O) groups is 2. The zero-order valence-electron chi connectivity index (χ0n) is 17.1. The number of nitrogens with zero attached hydrogens (tertiary/aromatic N) is 3. The van der Waals surface area contributed by atoms with Crippen molar-refractivity contribution in [1.29, 1.82) is 0 Å². The Morgan fingerprint density at radius 2 is 1.93 bits per heavy atom. The summed E-state index contributed by atoms with van der Waals surface area (Å²) in [5.41, 5.74) is 2.15. The summed E-state index contributed by atoms with van der Waals surface area (Å²) < 4.78 is 5.57. The van der Waals surface area contributed by atoms with E-state index in [0.717, 1.165) is 16.9 Å². The van der Waals surface area contributed by atoms with Crippen molar-refractivity contribution in [3.05, 3.63) is 58.2 Å². The lowest BCUT2D eigenvalue weighted by atomic mass is 10.1. The molecule has 2 amide bonds. The van der Waals surface area contributed by atoms with Gasteiger partial charge < -0.3 is 9.64 Å². The largest absolute Gasteiger partial charge is 0.377 e. The first-order valence-corrected chi connectivity index (χ1v) is 10.8. The van der Waals surface area contributed by atoms with Crippen LogP contribution in [0.15, 0.2) is 47.7 Å². The summed E-state index contributed by atoms with van der Waals surface area (Å²) in [5.74, 6) is -0.468. The fourth-order valence-corrected chi connectivity index (χ4v) is 4.09. The Bertz CT molecular complexity index is 863. The fraction of sp³-hybridized carbons (Fsp3) is 0.409. The van der Waals surface area contributed by atoms with E-state index in [4.69, 9.17) is 4.74 Å². The van der Waals surface area contributed by atoms with Crippen molar-refractivity contribution in [2.75, 3.05) is 26.2 Å². The molecule has 1 aliphatic heterocycles. The Balaban J connectivity index is 1.85. The maximum absolute atomic E-state index is 13.3. The van der Waals surface area contributed by atoms with Crippen molar-refractivity contribution in [2.45, 2.75) is 33.3 Å². The van der Waals surface area contributed by atoms with Gasteiger partial charge in [0.15, 0.2) is 0 Å². The van der Waals surface area contributed by atoms with E-state index in [1.54, 1.807) is 12.4 Å². The van der Waals surface area contributed by atoms with Crippen LogP contribution in [0.3, 0.4) is 0 Å². The molecule has 0 atom stereocenters. The molecule has 3 heterocycles. The van der Waals surface area contributed by atoms with Crippen LogP contribution in [0.2, 0.25) is 0 Å². The van der Waals surface area contributed by atoms with Crippen LogP contribution in [0.1, 0.15) is 31.2 Å². The third-order valence-electron chi connectivity index (χ3n) is 4.79. The van der Waals surface area contributed by atoms with Gasteiger partial charge in [-0.25, -0.2) is 0 Å². The van der Waals surface area contributed by atoms with E-state index in [2.05, 4.69) is 4.98 Å². The summed E-state index contributed by atoms with van der Waals surface area (Å²) in [6, 6.07) is 7.75. The summed E-state index contributed by atoms with van der Waals surface area (Å²) >= 11 is 1.48. The lowest BCUT2D eigenvalue weighted by Gasteiger charge is -2.24. The smallest absolute Gasteiger partial charge is 0.277 e. The monoisotopic (exact) mass is 413 g/mol. The predicted molar refractivity (Wildman–Crippen MR) is 114 cm³/mol. The van der Waals surface area contributed by atoms with Gasteiger partial charge in [0.25, 0.3) is 11.8 Å². The summed E-state index contributed by atoms with van der Waals surface area (Å²) in [7, 11) is 0. The minimum atomic E-state index is -0.234. The topological polar surface area (TPSA) is 62.7 Å². The first-order valence-electron chi connectivity index (χ1n) is 9.92. The number of likely N-dealkylation sites (N-methyl/N-ethyl adjacent to an activating group) is 1. The molecule has 2 aromatic rings. The first-order chi connectivity index (χ1) is 14.0. The molecule has 0 saturated heterocycles. The van der Waals surface area contributed by atoms with Gasteiger partial charge in [0, 0.05) is 30.4 Å². The lowest BCUT2D eigenvalue weighted by Crippen LogP contribution is -2.38. The molecule has 0 unspecified atom stereocenters. The van der Waals surface area contributed by atoms with Crippen molar-refractivity contribution >= 4 is 28.7 Å². The van der Waals surface area contributed by atoms with Gasteiger partial charge in [-0.2, -0.15) is 0 Å². The van der Waals surface area contributed by atoms with Gasteiger partial charge in [0.1, 0.15) is 5.70 Å². The highest BCUT2D eigenvalue weighted by Gasteiger charge is 2.41. The van der Waals surface area contributed by atoms with Gasteiger partial charge in [0.05, 0.1) is 24.8 Å². The Labute approximate surface area is 175 Å². The first kappa shape index (κ1) is 21.2. The van der Waals surface area contributed by atoms with Gasteiger partial charge in [-0.1, -0.05) is 6.07 Å². The van der Waals surface area contributed by atoms with Crippen LogP contribution in [-0.2, 0) is 20.7 Å². The molecule has 1 aliphatic rings. The number of hydrogen-bond donors (Lipinski definition) is 0. The van der Waals surface area contributed by atoms with E-state index in [1.165, 1.54) is 16.2 Å². The van der Waals surface area contributed by atoms with Crippen LogP contribution in [0.25, 0.3) is 5.57 Å². The molecule has 0 fully saturated rings. The van der Waals surface area contributed by atoms with Crippen molar-refractivity contribution in [3.63, 3.8) is 0 Å². The number of thiophene rings is 1. The van der Waals surface area contributed by atoms with Crippen LogP contribution in [0.5, 0.6) is 0 Å². The second kappa shape index (κ2) is 9.80. The average molecular weight is 414 g/mol. The Hall–Kier alpha value is -2.51. The quantitative estimate of drug-likeness (QED) is 0.560. The number of pyridine rings is 1. The minimum Gasteiger partial charge on any atom is -0.377 e. The zero-order chi connectivity index (χ0) is 20.8. The number of amides is 2. The highest BCUT2D eigenvalue weighted by molar-refractivity contribution is 7.11. The summed E-state index contributed by atoms with van der Waals surface area (Å²) in [5, 5.41) is 1.93. The maximum atomic E-state index is 13.3. The van der Waals surface area contributed by atoms with Crippen LogP contribution in [0.4, 0.5) is 0 Å².